The van der Waals surface area contributed by atoms with Gasteiger partial charge < -0.3 is 4.57 Å². The summed E-state index contributed by atoms with van der Waals surface area (Å²) in [5.41, 5.74) is 8.30. The van der Waals surface area contributed by atoms with Crippen LogP contribution in [0.15, 0.2) is 47.6 Å². The molecule has 3 aromatic rings. The molecule has 2 aromatic heterocycles. The van der Waals surface area contributed by atoms with Gasteiger partial charge >= 0.3 is 0 Å². The van der Waals surface area contributed by atoms with Gasteiger partial charge in [-0.3, -0.25) is 9.79 Å². The van der Waals surface area contributed by atoms with Crippen LogP contribution < -0.4 is 0 Å². The first kappa shape index (κ1) is 25.2. The Bertz CT molecular complexity index is 1080. The maximum absolute atomic E-state index is 12.0. The molecule has 5 nitrogen and oxygen atoms in total. The van der Waals surface area contributed by atoms with E-state index in [-0.39, 0.29) is 11.8 Å². The maximum atomic E-state index is 12.0. The van der Waals surface area contributed by atoms with Crippen molar-refractivity contribution in [2.75, 3.05) is 0 Å². The molecule has 0 spiro atoms. The van der Waals surface area contributed by atoms with Crippen molar-refractivity contribution in [1.29, 1.82) is 0 Å². The lowest BCUT2D eigenvalue weighted by molar-refractivity contribution is -0.117. The van der Waals surface area contributed by atoms with Crippen LogP contribution in [0.3, 0.4) is 0 Å². The minimum atomic E-state index is -0.342. The lowest BCUT2D eigenvalue weighted by atomic mass is 9.95. The lowest BCUT2D eigenvalue weighted by Crippen LogP contribution is -2.12. The summed E-state index contributed by atoms with van der Waals surface area (Å²) in [6.45, 7) is 13.7. The first-order valence-corrected chi connectivity index (χ1v) is 11.5. The van der Waals surface area contributed by atoms with Crippen LogP contribution in [-0.4, -0.2) is 26.3 Å². The topological polar surface area (TPSA) is 60.1 Å². The summed E-state index contributed by atoms with van der Waals surface area (Å²) in [6, 6.07) is 11.9. The van der Waals surface area contributed by atoms with Crippen LogP contribution >= 0.6 is 0 Å². The van der Waals surface area contributed by atoms with Gasteiger partial charge in [0, 0.05) is 42.9 Å². The van der Waals surface area contributed by atoms with Crippen molar-refractivity contribution >= 4 is 11.5 Å². The molecule has 32 heavy (non-hydrogen) atoms. The Labute approximate surface area is 192 Å². The van der Waals surface area contributed by atoms with Crippen LogP contribution in [-0.2, 0) is 18.3 Å². The summed E-state index contributed by atoms with van der Waals surface area (Å²) in [6.07, 6.45) is 3.26. The van der Waals surface area contributed by atoms with E-state index in [2.05, 4.69) is 53.1 Å². The predicted molar refractivity (Wildman–Crippen MR) is 133 cm³/mol. The number of hydrogen-bond donors (Lipinski definition) is 0. The van der Waals surface area contributed by atoms with Gasteiger partial charge in [0.15, 0.2) is 0 Å². The zero-order valence-corrected chi connectivity index (χ0v) is 20.7. The Morgan fingerprint density at radius 3 is 2.31 bits per heavy atom. The fourth-order valence-electron chi connectivity index (χ4n) is 3.84. The molecule has 0 saturated heterocycles. The third-order valence-electron chi connectivity index (χ3n) is 5.44. The normalized spacial score (nSPS) is 14.2. The Kier molecular flexibility index (Phi) is 9.06. The average Bonchev–Trinajstić information content (AvgIpc) is 3.10. The number of nitrogens with zero attached hydrogens (tertiary/aromatic N) is 4. The van der Waals surface area contributed by atoms with Gasteiger partial charge in [0.25, 0.3) is 0 Å². The largest absolute Gasteiger partial charge is 0.354 e. The number of carbonyl (C=O) groups is 1. The van der Waals surface area contributed by atoms with Gasteiger partial charge in [0.2, 0.25) is 0 Å². The Morgan fingerprint density at radius 1 is 1.03 bits per heavy atom. The fraction of sp³-hybridized carbons (Fsp3) is 0.407. The highest BCUT2D eigenvalue weighted by Gasteiger charge is 2.25. The number of carbonyl (C=O) groups excluding carboxylic acids is 1. The van der Waals surface area contributed by atoms with E-state index < -0.39 is 0 Å². The molecule has 1 aliphatic rings. The summed E-state index contributed by atoms with van der Waals surface area (Å²) in [7, 11) is 2.06. The molecule has 170 valence electrons. The summed E-state index contributed by atoms with van der Waals surface area (Å²) < 4.78 is 2.15. The first-order chi connectivity index (χ1) is 15.4. The molecular formula is C27H36N4O. The van der Waals surface area contributed by atoms with Gasteiger partial charge in [-0.1, -0.05) is 58.0 Å². The SMILES string of the molecule is CC.CC.CC(=O)C[C@@H]1N=C(c2ccccc2)c2c(cn(C)c2C)Cc2cc1nnc2C. The van der Waals surface area contributed by atoms with Gasteiger partial charge in [0.1, 0.15) is 11.8 Å². The Hall–Kier alpha value is -3.08. The van der Waals surface area contributed by atoms with E-state index in [9.17, 15) is 4.79 Å². The number of hydrogen-bond acceptors (Lipinski definition) is 4. The summed E-state index contributed by atoms with van der Waals surface area (Å²) in [5, 5.41) is 8.75. The molecule has 0 N–H and O–H groups in total. The molecule has 3 heterocycles. The van der Waals surface area contributed by atoms with Crippen LogP contribution in [0.2, 0.25) is 0 Å². The Morgan fingerprint density at radius 2 is 1.69 bits per heavy atom. The number of benzene rings is 1. The molecule has 4 rings (SSSR count). The van der Waals surface area contributed by atoms with Gasteiger partial charge in [0.05, 0.1) is 17.1 Å². The van der Waals surface area contributed by atoms with Crippen molar-refractivity contribution in [1.82, 2.24) is 14.8 Å². The van der Waals surface area contributed by atoms with E-state index >= 15 is 0 Å². The highest BCUT2D eigenvalue weighted by atomic mass is 16.1. The molecule has 1 aliphatic heterocycles. The number of ketones is 1. The highest BCUT2D eigenvalue weighted by Crippen LogP contribution is 2.31. The molecule has 0 saturated carbocycles. The monoisotopic (exact) mass is 432 g/mol. The van der Waals surface area contributed by atoms with Crippen LogP contribution in [0.1, 0.15) is 86.4 Å². The lowest BCUT2D eigenvalue weighted by Gasteiger charge is -2.15. The molecule has 1 atom stereocenters. The first-order valence-electron chi connectivity index (χ1n) is 11.5. The minimum Gasteiger partial charge on any atom is -0.354 e. The zero-order valence-electron chi connectivity index (χ0n) is 20.7. The third kappa shape index (κ3) is 5.39. The van der Waals surface area contributed by atoms with E-state index in [0.29, 0.717) is 6.42 Å². The van der Waals surface area contributed by atoms with Gasteiger partial charge in [-0.05, 0) is 38.0 Å². The van der Waals surface area contributed by atoms with Crippen LogP contribution in [0.5, 0.6) is 0 Å². The van der Waals surface area contributed by atoms with E-state index in [1.165, 1.54) is 5.56 Å². The number of aliphatic imine (C=N–C) groups is 1. The zero-order chi connectivity index (χ0) is 23.8. The van der Waals surface area contributed by atoms with E-state index in [1.807, 2.05) is 52.8 Å². The van der Waals surface area contributed by atoms with Crippen molar-refractivity contribution in [3.8, 4) is 0 Å². The van der Waals surface area contributed by atoms with Gasteiger partial charge in [-0.2, -0.15) is 10.2 Å². The molecule has 0 unspecified atom stereocenters. The van der Waals surface area contributed by atoms with Crippen LogP contribution in [0.4, 0.5) is 0 Å². The van der Waals surface area contributed by atoms with Crippen molar-refractivity contribution in [2.24, 2.45) is 12.0 Å². The molecule has 1 aromatic carbocycles. The second-order valence-corrected chi connectivity index (χ2v) is 7.55. The van der Waals surface area contributed by atoms with E-state index in [1.54, 1.807) is 6.92 Å². The van der Waals surface area contributed by atoms with E-state index in [4.69, 9.17) is 4.99 Å². The number of rotatable bonds is 3. The van der Waals surface area contributed by atoms with Crippen molar-refractivity contribution in [3.63, 3.8) is 0 Å². The van der Waals surface area contributed by atoms with Gasteiger partial charge in [-0.25, -0.2) is 0 Å². The van der Waals surface area contributed by atoms with Gasteiger partial charge in [-0.15, -0.1) is 0 Å². The highest BCUT2D eigenvalue weighted by molar-refractivity contribution is 6.14. The molecule has 5 heteroatoms. The van der Waals surface area contributed by atoms with Crippen LogP contribution in [0, 0.1) is 13.8 Å². The molecule has 0 fully saturated rings. The number of aryl methyl sites for hydroxylation is 2. The number of aromatic nitrogens is 3. The Balaban J connectivity index is 0.000000860. The second kappa shape index (κ2) is 11.5. The quantitative estimate of drug-likeness (QED) is 0.514. The third-order valence-corrected chi connectivity index (χ3v) is 5.44. The van der Waals surface area contributed by atoms with Crippen LogP contribution in [0.25, 0.3) is 0 Å². The van der Waals surface area contributed by atoms with Crippen molar-refractivity contribution in [2.45, 2.75) is 67.3 Å². The molecular weight excluding hydrogens is 396 g/mol. The predicted octanol–water partition coefficient (Wildman–Crippen LogP) is 5.95. The molecule has 0 amide bonds. The molecule has 0 aliphatic carbocycles. The average molecular weight is 433 g/mol. The fourth-order valence-corrected chi connectivity index (χ4v) is 3.84. The molecule has 2 bridgehead atoms. The summed E-state index contributed by atoms with van der Waals surface area (Å²) >= 11 is 0. The van der Waals surface area contributed by atoms with E-state index in [0.717, 1.165) is 45.9 Å². The summed E-state index contributed by atoms with van der Waals surface area (Å²) in [5.74, 6) is 0.0920. The van der Waals surface area contributed by atoms with Crippen molar-refractivity contribution in [3.05, 3.63) is 81.9 Å². The minimum absolute atomic E-state index is 0.0920. The second-order valence-electron chi connectivity index (χ2n) is 7.55. The maximum Gasteiger partial charge on any atom is 0.132 e. The van der Waals surface area contributed by atoms with Crippen molar-refractivity contribution < 1.29 is 4.79 Å². The standard InChI is InChI=1S/C23H24N4O.2C2H6/c1-14(28)10-20-21-12-18(15(2)25-26-21)11-19-13-27(4)16(3)22(19)23(24-20)17-8-6-5-7-9-17;2*1-2/h5-9,12-13,20H,10-11H2,1-4H3;2*1-2H3/t20-;;/m0../s1. The number of fused-ring (bicyclic) bond motifs is 3. The smallest absolute Gasteiger partial charge is 0.132 e. The molecule has 0 radical (unpaired) electrons. The summed E-state index contributed by atoms with van der Waals surface area (Å²) in [4.78, 5) is 17.1. The number of Topliss-reactive ketones (excluding diaryl/α,β-unsaturated/α-hetero) is 1.